The molecule has 1 atom stereocenters. The van der Waals surface area contributed by atoms with Gasteiger partial charge in [-0.15, -0.1) is 0 Å². The van der Waals surface area contributed by atoms with Crippen molar-refractivity contribution in [3.05, 3.63) is 78.2 Å². The maximum atomic E-state index is 13.1. The minimum absolute atomic E-state index is 0.0673. The highest BCUT2D eigenvalue weighted by atomic mass is 32.2. The van der Waals surface area contributed by atoms with Gasteiger partial charge in [0.05, 0.1) is 0 Å². The quantitative estimate of drug-likeness (QED) is 0.551. The van der Waals surface area contributed by atoms with E-state index in [4.69, 9.17) is 0 Å². The molecule has 33 heavy (non-hydrogen) atoms. The van der Waals surface area contributed by atoms with Gasteiger partial charge in [0, 0.05) is 56.8 Å². The summed E-state index contributed by atoms with van der Waals surface area (Å²) < 4.78 is 41.4. The number of anilines is 3. The van der Waals surface area contributed by atoms with Crippen molar-refractivity contribution >= 4 is 27.2 Å². The summed E-state index contributed by atoms with van der Waals surface area (Å²) in [6.07, 6.45) is 1.32. The van der Waals surface area contributed by atoms with Crippen LogP contribution in [0, 0.1) is 5.82 Å². The van der Waals surface area contributed by atoms with Crippen molar-refractivity contribution in [3.8, 4) is 0 Å². The smallest absolute Gasteiger partial charge is 0.263 e. The van der Waals surface area contributed by atoms with Crippen molar-refractivity contribution in [2.75, 3.05) is 36.3 Å². The topological polar surface area (TPSA) is 77.6 Å². The molecule has 0 aliphatic carbocycles. The van der Waals surface area contributed by atoms with Crippen molar-refractivity contribution in [2.45, 2.75) is 24.4 Å². The van der Waals surface area contributed by atoms with Crippen LogP contribution in [0.1, 0.15) is 12.5 Å². The molecule has 0 amide bonds. The third-order valence-electron chi connectivity index (χ3n) is 5.65. The van der Waals surface area contributed by atoms with Crippen molar-refractivity contribution in [1.29, 1.82) is 0 Å². The Balaban J connectivity index is 1.40. The highest BCUT2D eigenvalue weighted by Gasteiger charge is 2.17. The van der Waals surface area contributed by atoms with Crippen LogP contribution in [-0.4, -0.2) is 51.0 Å². The van der Waals surface area contributed by atoms with Crippen LogP contribution in [0.15, 0.2) is 71.8 Å². The molecular weight excluding hydrogens is 441 g/mol. The third kappa shape index (κ3) is 5.87. The molecule has 1 aromatic heterocycles. The second-order valence-corrected chi connectivity index (χ2v) is 9.96. The van der Waals surface area contributed by atoms with Gasteiger partial charge in [-0.25, -0.2) is 17.8 Å². The zero-order valence-corrected chi connectivity index (χ0v) is 19.5. The lowest BCUT2D eigenvalue weighted by molar-refractivity contribution is 0.199. The van der Waals surface area contributed by atoms with Crippen LogP contribution in [0.3, 0.4) is 0 Å². The van der Waals surface area contributed by atoms with Crippen LogP contribution in [0.2, 0.25) is 0 Å². The molecule has 2 aromatic carbocycles. The molecule has 0 spiro atoms. The average Bonchev–Trinajstić information content (AvgIpc) is 2.80. The Morgan fingerprint density at radius 3 is 2.48 bits per heavy atom. The van der Waals surface area contributed by atoms with E-state index in [9.17, 15) is 12.8 Å². The molecule has 9 heteroatoms. The van der Waals surface area contributed by atoms with E-state index in [0.29, 0.717) is 17.5 Å². The zero-order valence-electron chi connectivity index (χ0n) is 18.7. The number of nitrogens with one attached hydrogen (secondary N) is 2. The van der Waals surface area contributed by atoms with Gasteiger partial charge in [-0.3, -0.25) is 9.62 Å². The first-order valence-electron chi connectivity index (χ1n) is 10.8. The van der Waals surface area contributed by atoms with E-state index in [0.717, 1.165) is 37.4 Å². The molecule has 7 nitrogen and oxygen atoms in total. The van der Waals surface area contributed by atoms with Crippen LogP contribution in [-0.2, 0) is 16.6 Å². The normalized spacial score (nSPS) is 17.0. The Morgan fingerprint density at radius 2 is 1.85 bits per heavy atom. The molecule has 1 aliphatic rings. The molecule has 174 valence electrons. The Kier molecular flexibility index (Phi) is 6.92. The van der Waals surface area contributed by atoms with Crippen molar-refractivity contribution in [1.82, 2.24) is 15.2 Å². The van der Waals surface area contributed by atoms with Gasteiger partial charge in [0.2, 0.25) is 0 Å². The second-order valence-electron chi connectivity index (χ2n) is 8.28. The molecule has 2 N–H and O–H groups in total. The van der Waals surface area contributed by atoms with E-state index in [-0.39, 0.29) is 10.7 Å². The third-order valence-corrected chi connectivity index (χ3v) is 7.02. The number of aromatic nitrogens is 1. The van der Waals surface area contributed by atoms with Gasteiger partial charge in [-0.2, -0.15) is 0 Å². The predicted octanol–water partition coefficient (Wildman–Crippen LogP) is 3.58. The van der Waals surface area contributed by atoms with E-state index in [1.165, 1.54) is 24.4 Å². The lowest BCUT2D eigenvalue weighted by Gasteiger charge is -2.31. The number of benzene rings is 2. The van der Waals surface area contributed by atoms with Crippen LogP contribution in [0.5, 0.6) is 0 Å². The minimum Gasteiger partial charge on any atom is -0.329 e. The lowest BCUT2D eigenvalue weighted by atomic mass is 10.1. The maximum Gasteiger partial charge on any atom is 0.263 e. The van der Waals surface area contributed by atoms with Gasteiger partial charge < -0.3 is 10.2 Å². The lowest BCUT2D eigenvalue weighted by Crippen LogP contribution is -2.48. The van der Waals surface area contributed by atoms with Crippen LogP contribution in [0.25, 0.3) is 0 Å². The Bertz CT molecular complexity index is 1170. The molecule has 0 bridgehead atoms. The monoisotopic (exact) mass is 469 g/mol. The number of hydrogen-bond acceptors (Lipinski definition) is 6. The molecular formula is C24H28FN5O2S. The van der Waals surface area contributed by atoms with Crippen molar-refractivity contribution in [2.24, 2.45) is 0 Å². The summed E-state index contributed by atoms with van der Waals surface area (Å²) in [4.78, 5) is 8.48. The van der Waals surface area contributed by atoms with Crippen molar-refractivity contribution in [3.63, 3.8) is 0 Å². The molecule has 0 saturated carbocycles. The largest absolute Gasteiger partial charge is 0.329 e. The predicted molar refractivity (Wildman–Crippen MR) is 129 cm³/mol. The first-order chi connectivity index (χ1) is 15.8. The molecule has 3 aromatic rings. The summed E-state index contributed by atoms with van der Waals surface area (Å²) in [7, 11) is -1.99. The molecule has 1 saturated heterocycles. The highest BCUT2D eigenvalue weighted by molar-refractivity contribution is 7.92. The van der Waals surface area contributed by atoms with E-state index >= 15 is 0 Å². The van der Waals surface area contributed by atoms with E-state index in [2.05, 4.69) is 26.8 Å². The van der Waals surface area contributed by atoms with E-state index < -0.39 is 10.0 Å². The number of hydrogen-bond donors (Lipinski definition) is 2. The summed E-state index contributed by atoms with van der Waals surface area (Å²) >= 11 is 0. The Morgan fingerprint density at radius 1 is 1.12 bits per heavy atom. The minimum atomic E-state index is -3.77. The number of sulfonamides is 1. The van der Waals surface area contributed by atoms with Gasteiger partial charge in [0.1, 0.15) is 16.5 Å². The summed E-state index contributed by atoms with van der Waals surface area (Å²) in [6.45, 7) is 5.98. The number of halogens is 1. The number of piperazine rings is 1. The average molecular weight is 470 g/mol. The summed E-state index contributed by atoms with van der Waals surface area (Å²) in [5.74, 6) is 0.228. The Labute approximate surface area is 194 Å². The standard InChI is InChI=1S/C24H28FN5O2S/c1-18-16-30(14-13-26-18)17-19-3-7-21(8-4-19)28-33(31,32)23-11-12-24(27-15-23)29(2)22-9-5-20(25)6-10-22/h3-12,15,18,26,28H,13-14,16-17H2,1-2H3/t18-/m0/s1. The van der Waals surface area contributed by atoms with Crippen LogP contribution < -0.4 is 14.9 Å². The molecule has 0 radical (unpaired) electrons. The Hall–Kier alpha value is -3.01. The fourth-order valence-corrected chi connectivity index (χ4v) is 4.84. The van der Waals surface area contributed by atoms with Gasteiger partial charge in [0.25, 0.3) is 10.0 Å². The summed E-state index contributed by atoms with van der Waals surface area (Å²) in [6, 6.07) is 17.1. The summed E-state index contributed by atoms with van der Waals surface area (Å²) in [5, 5.41) is 3.43. The summed E-state index contributed by atoms with van der Waals surface area (Å²) in [5.41, 5.74) is 2.38. The fraction of sp³-hybridized carbons (Fsp3) is 0.292. The SMILES string of the molecule is C[C@H]1CN(Cc2ccc(NS(=O)(=O)c3ccc(N(C)c4ccc(F)cc4)nc3)cc2)CCN1. The van der Waals surface area contributed by atoms with Crippen molar-refractivity contribution < 1.29 is 12.8 Å². The molecule has 1 aliphatic heterocycles. The highest BCUT2D eigenvalue weighted by Crippen LogP contribution is 2.23. The van der Waals surface area contributed by atoms with E-state index in [1.54, 1.807) is 42.3 Å². The van der Waals surface area contributed by atoms with Gasteiger partial charge >= 0.3 is 0 Å². The first-order valence-corrected chi connectivity index (χ1v) is 12.3. The van der Waals surface area contributed by atoms with Crippen LogP contribution >= 0.6 is 0 Å². The molecule has 1 fully saturated rings. The number of rotatable bonds is 7. The maximum absolute atomic E-state index is 13.1. The van der Waals surface area contributed by atoms with Gasteiger partial charge in [0.15, 0.2) is 0 Å². The number of nitrogens with zero attached hydrogens (tertiary/aromatic N) is 3. The van der Waals surface area contributed by atoms with E-state index in [1.807, 2.05) is 12.1 Å². The van der Waals surface area contributed by atoms with Gasteiger partial charge in [-0.1, -0.05) is 12.1 Å². The fourth-order valence-electron chi connectivity index (χ4n) is 3.83. The second kappa shape index (κ2) is 9.86. The molecule has 2 heterocycles. The number of pyridine rings is 1. The molecule has 0 unspecified atom stereocenters. The molecule has 4 rings (SSSR count). The van der Waals surface area contributed by atoms with Crippen LogP contribution in [0.4, 0.5) is 21.6 Å². The zero-order chi connectivity index (χ0) is 23.4. The van der Waals surface area contributed by atoms with Gasteiger partial charge in [-0.05, 0) is 61.0 Å². The first kappa shape index (κ1) is 23.2.